The number of nitrogens with zero attached hydrogens (tertiary/aromatic N) is 1. The zero-order valence-electron chi connectivity index (χ0n) is 18.4. The Balaban J connectivity index is 1.45. The molecule has 0 aliphatic carbocycles. The molecule has 0 saturated carbocycles. The number of piperidine rings is 1. The Morgan fingerprint density at radius 2 is 1.91 bits per heavy atom. The van der Waals surface area contributed by atoms with E-state index in [9.17, 15) is 14.0 Å². The van der Waals surface area contributed by atoms with E-state index in [1.165, 1.54) is 6.07 Å². The Labute approximate surface area is 187 Å². The first-order valence-electron chi connectivity index (χ1n) is 10.9. The maximum absolute atomic E-state index is 13.5. The fourth-order valence-electron chi connectivity index (χ4n) is 4.33. The summed E-state index contributed by atoms with van der Waals surface area (Å²) in [5.41, 5.74) is 2.02. The van der Waals surface area contributed by atoms with Gasteiger partial charge in [0.05, 0.1) is 13.0 Å². The topological polar surface area (TPSA) is 58.6 Å². The maximum atomic E-state index is 13.5. The highest BCUT2D eigenvalue weighted by Crippen LogP contribution is 2.30. The summed E-state index contributed by atoms with van der Waals surface area (Å²) in [6.07, 6.45) is 1.51. The minimum absolute atomic E-state index is 0.0736. The zero-order valence-corrected chi connectivity index (χ0v) is 18.4. The molecule has 6 heteroatoms. The number of fused-ring (bicyclic) bond motifs is 1. The molecule has 32 heavy (non-hydrogen) atoms. The first-order valence-corrected chi connectivity index (χ1v) is 10.9. The summed E-state index contributed by atoms with van der Waals surface area (Å²) in [5, 5.41) is 4.68. The van der Waals surface area contributed by atoms with Crippen molar-refractivity contribution in [1.29, 1.82) is 0 Å². The highest BCUT2D eigenvalue weighted by molar-refractivity contribution is 6.08. The summed E-state index contributed by atoms with van der Waals surface area (Å²) in [4.78, 5) is 27.9. The Bertz CT molecular complexity index is 1160. The van der Waals surface area contributed by atoms with Gasteiger partial charge in [0.15, 0.2) is 0 Å². The second kappa shape index (κ2) is 9.39. The van der Waals surface area contributed by atoms with Gasteiger partial charge in [-0.3, -0.25) is 9.59 Å². The molecular formula is C26H27FN2O3. The number of methoxy groups -OCH3 is 1. The molecule has 1 N–H and O–H groups in total. The van der Waals surface area contributed by atoms with E-state index in [0.29, 0.717) is 30.8 Å². The van der Waals surface area contributed by atoms with E-state index in [2.05, 4.69) is 5.32 Å². The van der Waals surface area contributed by atoms with Crippen LogP contribution in [-0.4, -0.2) is 36.9 Å². The molecule has 0 bridgehead atoms. The number of aryl methyl sites for hydroxylation is 1. The van der Waals surface area contributed by atoms with E-state index in [1.54, 1.807) is 37.1 Å². The predicted octanol–water partition coefficient (Wildman–Crippen LogP) is 4.46. The van der Waals surface area contributed by atoms with Gasteiger partial charge in [-0.05, 0) is 54.5 Å². The lowest BCUT2D eigenvalue weighted by molar-refractivity contribution is -0.126. The van der Waals surface area contributed by atoms with Crippen LogP contribution in [0.4, 0.5) is 4.39 Å². The molecule has 1 heterocycles. The van der Waals surface area contributed by atoms with Gasteiger partial charge in [-0.25, -0.2) is 4.39 Å². The van der Waals surface area contributed by atoms with E-state index in [-0.39, 0.29) is 23.5 Å². The number of carbonyl (C=O) groups is 2. The van der Waals surface area contributed by atoms with E-state index < -0.39 is 0 Å². The maximum Gasteiger partial charge on any atom is 0.254 e. The fraction of sp³-hybridized carbons (Fsp3) is 0.308. The number of carbonyl (C=O) groups excluding carboxylic acids is 2. The van der Waals surface area contributed by atoms with Crippen LogP contribution in [0.15, 0.2) is 54.6 Å². The van der Waals surface area contributed by atoms with E-state index >= 15 is 0 Å². The molecule has 0 aromatic heterocycles. The minimum atomic E-state index is -0.265. The number of amides is 2. The molecule has 0 radical (unpaired) electrons. The van der Waals surface area contributed by atoms with Gasteiger partial charge in [0.1, 0.15) is 11.6 Å². The van der Waals surface area contributed by atoms with E-state index in [4.69, 9.17) is 4.74 Å². The molecular weight excluding hydrogens is 407 g/mol. The number of likely N-dealkylation sites (tertiary alicyclic amines) is 1. The Kier molecular flexibility index (Phi) is 6.40. The normalized spacial score (nSPS) is 16.1. The van der Waals surface area contributed by atoms with Crippen LogP contribution in [-0.2, 0) is 11.3 Å². The molecule has 1 fully saturated rings. The highest BCUT2D eigenvalue weighted by atomic mass is 19.1. The van der Waals surface area contributed by atoms with Crippen molar-refractivity contribution < 1.29 is 18.7 Å². The van der Waals surface area contributed by atoms with Crippen molar-refractivity contribution in [2.24, 2.45) is 5.92 Å². The molecule has 2 amide bonds. The second-order valence-corrected chi connectivity index (χ2v) is 8.25. The minimum Gasteiger partial charge on any atom is -0.496 e. The van der Waals surface area contributed by atoms with Crippen LogP contribution in [0.25, 0.3) is 10.8 Å². The van der Waals surface area contributed by atoms with Gasteiger partial charge in [0.25, 0.3) is 5.91 Å². The largest absolute Gasteiger partial charge is 0.496 e. The Morgan fingerprint density at radius 3 is 2.66 bits per heavy atom. The molecule has 1 aliphatic heterocycles. The standard InChI is InChI=1S/C26H27FN2O3/c1-17-14-18(9-11-23(17)27)15-28-25(30)19-6-5-13-29(16-19)26(31)22-10-12-24(32-2)21-8-4-3-7-20(21)22/h3-4,7-12,14,19H,5-6,13,15-16H2,1-2H3,(H,28,30)/t19-/m1/s1. The zero-order chi connectivity index (χ0) is 22.7. The number of ether oxygens (including phenoxy) is 1. The number of hydrogen-bond acceptors (Lipinski definition) is 3. The summed E-state index contributed by atoms with van der Waals surface area (Å²) in [5.74, 6) is 0.0509. The van der Waals surface area contributed by atoms with Crippen molar-refractivity contribution >= 4 is 22.6 Å². The summed E-state index contributed by atoms with van der Waals surface area (Å²) < 4.78 is 18.9. The second-order valence-electron chi connectivity index (χ2n) is 8.25. The van der Waals surface area contributed by atoms with Crippen LogP contribution in [0.5, 0.6) is 5.75 Å². The van der Waals surface area contributed by atoms with Crippen LogP contribution in [0, 0.1) is 18.7 Å². The number of nitrogens with one attached hydrogen (secondary N) is 1. The first-order chi connectivity index (χ1) is 15.5. The molecule has 0 unspecified atom stereocenters. The van der Waals surface area contributed by atoms with Crippen LogP contribution in [0.3, 0.4) is 0 Å². The summed E-state index contributed by atoms with van der Waals surface area (Å²) in [6, 6.07) is 16.1. The van der Waals surface area contributed by atoms with Crippen LogP contribution in [0.2, 0.25) is 0 Å². The lowest BCUT2D eigenvalue weighted by atomic mass is 9.95. The summed E-state index contributed by atoms with van der Waals surface area (Å²) in [6.45, 7) is 3.05. The lowest BCUT2D eigenvalue weighted by Crippen LogP contribution is -2.45. The third-order valence-electron chi connectivity index (χ3n) is 6.10. The number of halogens is 1. The molecule has 166 valence electrons. The molecule has 1 atom stereocenters. The number of rotatable bonds is 5. The summed E-state index contributed by atoms with van der Waals surface area (Å²) in [7, 11) is 1.62. The van der Waals surface area contributed by atoms with E-state index in [0.717, 1.165) is 34.9 Å². The molecule has 3 aromatic carbocycles. The van der Waals surface area contributed by atoms with Gasteiger partial charge >= 0.3 is 0 Å². The smallest absolute Gasteiger partial charge is 0.254 e. The molecule has 4 rings (SSSR count). The van der Waals surface area contributed by atoms with Gasteiger partial charge in [0.2, 0.25) is 5.91 Å². The molecule has 1 aliphatic rings. The molecule has 1 saturated heterocycles. The highest BCUT2D eigenvalue weighted by Gasteiger charge is 2.29. The third kappa shape index (κ3) is 4.44. The van der Waals surface area contributed by atoms with Gasteiger partial charge in [-0.1, -0.05) is 36.4 Å². The fourth-order valence-corrected chi connectivity index (χ4v) is 4.33. The average Bonchev–Trinajstić information content (AvgIpc) is 2.83. The van der Waals surface area contributed by atoms with Gasteiger partial charge in [0, 0.05) is 30.6 Å². The van der Waals surface area contributed by atoms with Gasteiger partial charge < -0.3 is 15.0 Å². The van der Waals surface area contributed by atoms with E-state index in [1.807, 2.05) is 30.3 Å². The lowest BCUT2D eigenvalue weighted by Gasteiger charge is -2.32. The third-order valence-corrected chi connectivity index (χ3v) is 6.10. The monoisotopic (exact) mass is 434 g/mol. The first kappa shape index (κ1) is 21.8. The van der Waals surface area contributed by atoms with Crippen LogP contribution < -0.4 is 10.1 Å². The van der Waals surface area contributed by atoms with Gasteiger partial charge in [-0.15, -0.1) is 0 Å². The molecule has 3 aromatic rings. The summed E-state index contributed by atoms with van der Waals surface area (Å²) >= 11 is 0. The van der Waals surface area contributed by atoms with Crippen molar-refractivity contribution in [3.05, 3.63) is 77.1 Å². The molecule has 0 spiro atoms. The van der Waals surface area contributed by atoms with Crippen molar-refractivity contribution in [2.45, 2.75) is 26.3 Å². The van der Waals surface area contributed by atoms with Gasteiger partial charge in [-0.2, -0.15) is 0 Å². The molecule has 5 nitrogen and oxygen atoms in total. The SMILES string of the molecule is COc1ccc(C(=O)N2CCC[C@@H](C(=O)NCc3ccc(F)c(C)c3)C2)c2ccccc12. The van der Waals surface area contributed by atoms with Crippen molar-refractivity contribution in [3.63, 3.8) is 0 Å². The van der Waals surface area contributed by atoms with Crippen LogP contribution in [0.1, 0.15) is 34.3 Å². The van der Waals surface area contributed by atoms with Crippen molar-refractivity contribution in [3.8, 4) is 5.75 Å². The number of benzene rings is 3. The Hall–Kier alpha value is -3.41. The van der Waals surface area contributed by atoms with Crippen LogP contribution >= 0.6 is 0 Å². The van der Waals surface area contributed by atoms with Crippen molar-refractivity contribution in [2.75, 3.05) is 20.2 Å². The average molecular weight is 435 g/mol. The Morgan fingerprint density at radius 1 is 1.12 bits per heavy atom. The predicted molar refractivity (Wildman–Crippen MR) is 122 cm³/mol. The number of hydrogen-bond donors (Lipinski definition) is 1. The quantitative estimate of drug-likeness (QED) is 0.645. The van der Waals surface area contributed by atoms with Crippen molar-refractivity contribution in [1.82, 2.24) is 10.2 Å².